The van der Waals surface area contributed by atoms with E-state index >= 15 is 0 Å². The Morgan fingerprint density at radius 2 is 1.56 bits per heavy atom. The van der Waals surface area contributed by atoms with Gasteiger partial charge in [0.05, 0.1) is 29.1 Å². The summed E-state index contributed by atoms with van der Waals surface area (Å²) in [6.45, 7) is 5.88. The van der Waals surface area contributed by atoms with Gasteiger partial charge in [-0.2, -0.15) is 0 Å². The predicted molar refractivity (Wildman–Crippen MR) is 155 cm³/mol. The summed E-state index contributed by atoms with van der Waals surface area (Å²) in [7, 11) is 1.66. The van der Waals surface area contributed by atoms with Gasteiger partial charge in [0.15, 0.2) is 0 Å². The molecule has 12 heteroatoms. The highest BCUT2D eigenvalue weighted by Crippen LogP contribution is 2.32. The number of ether oxygens (including phenoxy) is 1. The first kappa shape index (κ1) is 27.6. The number of amides is 1. The van der Waals surface area contributed by atoms with Crippen LogP contribution in [0.25, 0.3) is 0 Å². The van der Waals surface area contributed by atoms with Gasteiger partial charge in [-0.25, -0.2) is 4.98 Å². The number of aromatic nitrogens is 2. The molecule has 2 aliphatic rings. The molecule has 0 spiro atoms. The molecule has 5 rings (SSSR count). The Kier molecular flexibility index (Phi) is 8.52. The maximum absolute atomic E-state index is 13.0. The van der Waals surface area contributed by atoms with Crippen molar-refractivity contribution in [3.8, 4) is 5.75 Å². The second-order valence-corrected chi connectivity index (χ2v) is 10.8. The first-order valence-electron chi connectivity index (χ1n) is 12.7. The fourth-order valence-corrected chi connectivity index (χ4v) is 5.62. The molecular formula is C27H29Cl3N6O3. The largest absolute Gasteiger partial charge is 0.495 e. The highest BCUT2D eigenvalue weighted by Gasteiger charge is 2.26. The van der Waals surface area contributed by atoms with Crippen LogP contribution in [0.4, 0.5) is 11.6 Å². The Hall–Kier alpha value is -2.98. The smallest absolute Gasteiger partial charge is 0.255 e. The second kappa shape index (κ2) is 12.0. The van der Waals surface area contributed by atoms with Gasteiger partial charge in [0.2, 0.25) is 5.95 Å². The zero-order valence-corrected chi connectivity index (χ0v) is 23.8. The first-order valence-corrected chi connectivity index (χ1v) is 13.8. The zero-order chi connectivity index (χ0) is 27.5. The van der Waals surface area contributed by atoms with Crippen molar-refractivity contribution >= 4 is 52.3 Å². The van der Waals surface area contributed by atoms with Crippen LogP contribution in [0.2, 0.25) is 15.1 Å². The topological polar surface area (TPSA) is 85.0 Å². The molecule has 0 saturated carbocycles. The lowest BCUT2D eigenvalue weighted by Crippen LogP contribution is -2.49. The molecule has 1 N–H and O–H groups in total. The van der Waals surface area contributed by atoms with Crippen molar-refractivity contribution < 1.29 is 9.53 Å². The monoisotopic (exact) mass is 590 g/mol. The lowest BCUT2D eigenvalue weighted by atomic mass is 10.2. The van der Waals surface area contributed by atoms with E-state index in [-0.39, 0.29) is 11.5 Å². The molecule has 2 aliphatic heterocycles. The Morgan fingerprint density at radius 1 is 0.897 bits per heavy atom. The molecular weight excluding hydrogens is 563 g/mol. The molecule has 206 valence electrons. The van der Waals surface area contributed by atoms with E-state index in [2.05, 4.69) is 14.8 Å². The van der Waals surface area contributed by atoms with Gasteiger partial charge in [-0.1, -0.05) is 34.8 Å². The lowest BCUT2D eigenvalue weighted by molar-refractivity contribution is 0.0746. The number of hydrogen-bond donors (Lipinski definition) is 1. The summed E-state index contributed by atoms with van der Waals surface area (Å²) in [5, 5.41) is 1.49. The Bertz CT molecular complexity index is 1400. The molecule has 3 heterocycles. The van der Waals surface area contributed by atoms with Gasteiger partial charge in [0, 0.05) is 75.0 Å². The summed E-state index contributed by atoms with van der Waals surface area (Å²) in [6.07, 6.45) is 0. The van der Waals surface area contributed by atoms with E-state index < -0.39 is 0 Å². The average Bonchev–Trinajstić information content (AvgIpc) is 2.93. The maximum Gasteiger partial charge on any atom is 0.255 e. The van der Waals surface area contributed by atoms with Crippen LogP contribution in [0, 0.1) is 0 Å². The van der Waals surface area contributed by atoms with Crippen LogP contribution in [0.3, 0.4) is 0 Å². The number of piperazine rings is 2. The minimum absolute atomic E-state index is 0.138. The molecule has 0 aliphatic carbocycles. The third kappa shape index (κ3) is 6.44. The number of carbonyl (C=O) groups is 1. The van der Waals surface area contributed by atoms with Gasteiger partial charge >= 0.3 is 0 Å². The van der Waals surface area contributed by atoms with Gasteiger partial charge in [-0.3, -0.25) is 19.5 Å². The minimum atomic E-state index is -0.191. The average molecular weight is 592 g/mol. The third-order valence-electron chi connectivity index (χ3n) is 7.05. The Balaban J connectivity index is 1.19. The number of rotatable bonds is 6. The second-order valence-electron chi connectivity index (χ2n) is 9.54. The van der Waals surface area contributed by atoms with Gasteiger partial charge in [-0.05, 0) is 36.4 Å². The molecule has 39 heavy (non-hydrogen) atoms. The van der Waals surface area contributed by atoms with E-state index in [1.807, 2.05) is 23.1 Å². The van der Waals surface area contributed by atoms with Crippen molar-refractivity contribution in [2.45, 2.75) is 6.54 Å². The summed E-state index contributed by atoms with van der Waals surface area (Å²) in [4.78, 5) is 41.4. The number of nitrogens with one attached hydrogen (secondary N) is 1. The highest BCUT2D eigenvalue weighted by atomic mass is 35.5. The van der Waals surface area contributed by atoms with Crippen molar-refractivity contribution in [2.75, 3.05) is 69.3 Å². The van der Waals surface area contributed by atoms with Gasteiger partial charge in [-0.15, -0.1) is 0 Å². The van der Waals surface area contributed by atoms with Crippen LogP contribution in [-0.4, -0.2) is 85.1 Å². The number of H-pyrrole nitrogens is 1. The Morgan fingerprint density at radius 3 is 2.26 bits per heavy atom. The zero-order valence-electron chi connectivity index (χ0n) is 21.5. The van der Waals surface area contributed by atoms with Crippen LogP contribution in [0.5, 0.6) is 5.75 Å². The van der Waals surface area contributed by atoms with Gasteiger partial charge < -0.3 is 19.4 Å². The fourth-order valence-electron chi connectivity index (χ4n) is 4.97. The summed E-state index contributed by atoms with van der Waals surface area (Å²) in [6, 6.07) is 12.1. The summed E-state index contributed by atoms with van der Waals surface area (Å²) in [5.41, 5.74) is 1.94. The molecule has 3 aromatic rings. The highest BCUT2D eigenvalue weighted by molar-refractivity contribution is 6.36. The number of halogens is 3. The van der Waals surface area contributed by atoms with Crippen molar-refractivity contribution in [1.82, 2.24) is 19.8 Å². The number of anilines is 2. The van der Waals surface area contributed by atoms with Crippen molar-refractivity contribution in [3.05, 3.63) is 79.1 Å². The molecule has 0 atom stereocenters. The van der Waals surface area contributed by atoms with E-state index in [4.69, 9.17) is 44.5 Å². The van der Waals surface area contributed by atoms with E-state index in [9.17, 15) is 9.59 Å². The normalized spacial score (nSPS) is 16.5. The molecule has 2 aromatic carbocycles. The number of hydrogen-bond acceptors (Lipinski definition) is 7. The summed E-state index contributed by atoms with van der Waals surface area (Å²) >= 11 is 18.4. The number of benzene rings is 2. The van der Waals surface area contributed by atoms with E-state index in [0.29, 0.717) is 65.0 Å². The number of nitrogens with zero attached hydrogens (tertiary/aromatic N) is 5. The maximum atomic E-state index is 13.0. The van der Waals surface area contributed by atoms with Crippen molar-refractivity contribution in [3.63, 3.8) is 0 Å². The standard InChI is InChI=1S/C27H29Cl3N6O3/c1-39-24-5-3-19(29)15-23(24)34-8-6-33(7-9-34)17-20-16-25(37)32-27(31-20)36-12-10-35(11-13-36)26(38)21-4-2-18(28)14-22(21)30/h2-5,14-16H,6-13,17H2,1H3,(H,31,32,37). The van der Waals surface area contributed by atoms with Crippen molar-refractivity contribution in [1.29, 1.82) is 0 Å². The summed E-state index contributed by atoms with van der Waals surface area (Å²) in [5.74, 6) is 1.18. The van der Waals surface area contributed by atoms with E-state index in [1.165, 1.54) is 0 Å². The molecule has 1 amide bonds. The van der Waals surface area contributed by atoms with Crippen LogP contribution < -0.4 is 20.1 Å². The van der Waals surface area contributed by atoms with Gasteiger partial charge in [0.25, 0.3) is 11.5 Å². The van der Waals surface area contributed by atoms with Crippen molar-refractivity contribution in [2.24, 2.45) is 0 Å². The Labute approximate surface area is 241 Å². The lowest BCUT2D eigenvalue weighted by Gasteiger charge is -2.37. The number of carbonyl (C=O) groups excluding carboxylic acids is 1. The predicted octanol–water partition coefficient (Wildman–Crippen LogP) is 4.02. The molecule has 2 saturated heterocycles. The molecule has 2 fully saturated rings. The molecule has 0 radical (unpaired) electrons. The van der Waals surface area contributed by atoms with Crippen LogP contribution in [0.1, 0.15) is 16.1 Å². The van der Waals surface area contributed by atoms with Gasteiger partial charge in [0.1, 0.15) is 5.75 Å². The quantitative estimate of drug-likeness (QED) is 0.464. The van der Waals surface area contributed by atoms with E-state index in [0.717, 1.165) is 37.6 Å². The number of methoxy groups -OCH3 is 1. The van der Waals surface area contributed by atoms with Crippen LogP contribution in [-0.2, 0) is 6.54 Å². The molecule has 1 aromatic heterocycles. The van der Waals surface area contributed by atoms with E-state index in [1.54, 1.807) is 36.3 Å². The SMILES string of the molecule is COc1ccc(Cl)cc1N1CCN(Cc2cc(=O)[nH]c(N3CCN(C(=O)c4ccc(Cl)cc4Cl)CC3)n2)CC1. The minimum Gasteiger partial charge on any atom is -0.495 e. The van der Waals surface area contributed by atoms with Crippen LogP contribution in [0.15, 0.2) is 47.3 Å². The molecule has 9 nitrogen and oxygen atoms in total. The first-order chi connectivity index (χ1) is 18.8. The fraction of sp³-hybridized carbons (Fsp3) is 0.370. The third-order valence-corrected chi connectivity index (χ3v) is 7.83. The molecule has 0 unspecified atom stereocenters. The number of aromatic amines is 1. The summed E-state index contributed by atoms with van der Waals surface area (Å²) < 4.78 is 5.51. The van der Waals surface area contributed by atoms with Crippen LogP contribution >= 0.6 is 34.8 Å². The molecule has 0 bridgehead atoms.